The lowest BCUT2D eigenvalue weighted by Gasteiger charge is -2.27. The van der Waals surface area contributed by atoms with Crippen LogP contribution in [0.15, 0.2) is 27.7 Å². The highest BCUT2D eigenvalue weighted by Crippen LogP contribution is 2.32. The molecule has 0 saturated carbocycles. The summed E-state index contributed by atoms with van der Waals surface area (Å²) in [6.45, 7) is 2.22. The second-order valence-electron chi connectivity index (χ2n) is 5.89. The quantitative estimate of drug-likeness (QED) is 0.593. The van der Waals surface area contributed by atoms with Crippen LogP contribution in [0.25, 0.3) is 6.08 Å². The maximum Gasteiger partial charge on any atom is 0.266 e. The number of likely N-dealkylation sites (tertiary alicyclic amines) is 1. The number of rotatable bonds is 5. The molecule has 0 bridgehead atoms. The summed E-state index contributed by atoms with van der Waals surface area (Å²) in [4.78, 5) is 28.7. The third-order valence-electron chi connectivity index (χ3n) is 4.17. The molecule has 2 amide bonds. The smallest absolute Gasteiger partial charge is 0.266 e. The SMILES string of the molecule is O=C(CCCN1C(=O)/C(=C\c2ccco2)SC1=S)N1CCCCC1. The fourth-order valence-corrected chi connectivity index (χ4v) is 4.17. The van der Waals surface area contributed by atoms with Crippen LogP contribution in [-0.4, -0.2) is 45.6 Å². The lowest BCUT2D eigenvalue weighted by atomic mass is 10.1. The number of thioether (sulfide) groups is 1. The average molecular weight is 364 g/mol. The van der Waals surface area contributed by atoms with E-state index in [-0.39, 0.29) is 11.8 Å². The molecule has 3 heterocycles. The number of hydrogen-bond acceptors (Lipinski definition) is 5. The van der Waals surface area contributed by atoms with Crippen LogP contribution in [0.5, 0.6) is 0 Å². The summed E-state index contributed by atoms with van der Waals surface area (Å²) in [6, 6.07) is 3.57. The number of thiocarbonyl (C=S) groups is 1. The number of piperidine rings is 1. The zero-order valence-corrected chi connectivity index (χ0v) is 15.0. The van der Waals surface area contributed by atoms with E-state index in [2.05, 4.69) is 0 Å². The summed E-state index contributed by atoms with van der Waals surface area (Å²) < 4.78 is 5.78. The molecule has 3 rings (SSSR count). The van der Waals surface area contributed by atoms with Crippen LogP contribution < -0.4 is 0 Å². The van der Waals surface area contributed by atoms with Crippen molar-refractivity contribution in [3.8, 4) is 0 Å². The Labute approximate surface area is 151 Å². The van der Waals surface area contributed by atoms with Crippen LogP contribution in [0.3, 0.4) is 0 Å². The van der Waals surface area contributed by atoms with Crippen molar-refractivity contribution < 1.29 is 14.0 Å². The molecule has 0 aliphatic carbocycles. The van der Waals surface area contributed by atoms with E-state index in [1.165, 1.54) is 18.2 Å². The number of carbonyl (C=O) groups is 2. The number of carbonyl (C=O) groups excluding carboxylic acids is 2. The fraction of sp³-hybridized carbons (Fsp3) is 0.471. The third-order valence-corrected chi connectivity index (χ3v) is 5.55. The standard InChI is InChI=1S/C17H20N2O3S2/c20-15(18-8-2-1-3-9-18)7-4-10-19-16(21)14(24-17(19)23)12-13-6-5-11-22-13/h5-6,11-12H,1-4,7-10H2/b14-12+. The first-order valence-corrected chi connectivity index (χ1v) is 9.44. The van der Waals surface area contributed by atoms with Crippen molar-refractivity contribution in [2.45, 2.75) is 32.1 Å². The molecule has 24 heavy (non-hydrogen) atoms. The molecule has 2 aliphatic heterocycles. The minimum Gasteiger partial charge on any atom is -0.465 e. The molecule has 2 saturated heterocycles. The topological polar surface area (TPSA) is 53.8 Å². The van der Waals surface area contributed by atoms with Crippen LogP contribution in [0.1, 0.15) is 37.9 Å². The molecule has 0 aromatic carbocycles. The van der Waals surface area contributed by atoms with Crippen molar-refractivity contribution in [2.24, 2.45) is 0 Å². The largest absolute Gasteiger partial charge is 0.465 e. The molecule has 2 fully saturated rings. The van der Waals surface area contributed by atoms with Gasteiger partial charge in [-0.15, -0.1) is 0 Å². The van der Waals surface area contributed by atoms with Crippen LogP contribution in [-0.2, 0) is 9.59 Å². The summed E-state index contributed by atoms with van der Waals surface area (Å²) in [7, 11) is 0. The normalized spacial score (nSPS) is 20.2. The molecule has 2 aliphatic rings. The van der Waals surface area contributed by atoms with Crippen LogP contribution in [0, 0.1) is 0 Å². The Morgan fingerprint density at radius 1 is 1.33 bits per heavy atom. The molecule has 0 unspecified atom stereocenters. The lowest BCUT2D eigenvalue weighted by molar-refractivity contribution is -0.132. The van der Waals surface area contributed by atoms with E-state index >= 15 is 0 Å². The molecule has 0 atom stereocenters. The predicted octanol–water partition coefficient (Wildman–Crippen LogP) is 3.27. The highest BCUT2D eigenvalue weighted by atomic mass is 32.2. The minimum absolute atomic E-state index is 0.105. The van der Waals surface area contributed by atoms with Gasteiger partial charge in [-0.05, 0) is 37.8 Å². The van der Waals surface area contributed by atoms with Crippen molar-refractivity contribution >= 4 is 46.2 Å². The van der Waals surface area contributed by atoms with E-state index in [9.17, 15) is 9.59 Å². The molecular formula is C17H20N2O3S2. The summed E-state index contributed by atoms with van der Waals surface area (Å²) in [5.41, 5.74) is 0. The Balaban J connectivity index is 1.51. The molecule has 7 heteroatoms. The van der Waals surface area contributed by atoms with E-state index < -0.39 is 0 Å². The monoisotopic (exact) mass is 364 g/mol. The Morgan fingerprint density at radius 3 is 2.83 bits per heavy atom. The van der Waals surface area contributed by atoms with Crippen LogP contribution >= 0.6 is 24.0 Å². The Morgan fingerprint density at radius 2 is 2.12 bits per heavy atom. The van der Waals surface area contributed by atoms with E-state index in [0.717, 1.165) is 25.9 Å². The summed E-state index contributed by atoms with van der Waals surface area (Å²) in [6.07, 6.45) is 7.78. The van der Waals surface area contributed by atoms with Crippen molar-refractivity contribution in [1.82, 2.24) is 9.80 Å². The van der Waals surface area contributed by atoms with Crippen molar-refractivity contribution in [2.75, 3.05) is 19.6 Å². The van der Waals surface area contributed by atoms with Gasteiger partial charge in [-0.1, -0.05) is 24.0 Å². The third kappa shape index (κ3) is 4.08. The molecular weight excluding hydrogens is 344 g/mol. The van der Waals surface area contributed by atoms with Crippen molar-refractivity contribution in [1.29, 1.82) is 0 Å². The summed E-state index contributed by atoms with van der Waals surface area (Å²) in [5, 5.41) is 0. The van der Waals surface area contributed by atoms with Gasteiger partial charge in [0.25, 0.3) is 5.91 Å². The molecule has 0 radical (unpaired) electrons. The zero-order chi connectivity index (χ0) is 16.9. The number of hydrogen-bond donors (Lipinski definition) is 0. The molecule has 0 N–H and O–H groups in total. The van der Waals surface area contributed by atoms with E-state index in [1.807, 2.05) is 4.90 Å². The predicted molar refractivity (Wildman–Crippen MR) is 98.3 cm³/mol. The number of amides is 2. The Hall–Kier alpha value is -1.60. The van der Waals surface area contributed by atoms with Gasteiger partial charge >= 0.3 is 0 Å². The van der Waals surface area contributed by atoms with Gasteiger partial charge in [-0.25, -0.2) is 0 Å². The molecule has 0 spiro atoms. The highest BCUT2D eigenvalue weighted by molar-refractivity contribution is 8.26. The molecule has 5 nitrogen and oxygen atoms in total. The van der Waals surface area contributed by atoms with Gasteiger partial charge in [0, 0.05) is 32.1 Å². The van der Waals surface area contributed by atoms with E-state index in [4.69, 9.17) is 16.6 Å². The van der Waals surface area contributed by atoms with Gasteiger partial charge in [0.05, 0.1) is 11.2 Å². The second kappa shape index (κ2) is 7.98. The first-order chi connectivity index (χ1) is 11.6. The van der Waals surface area contributed by atoms with Gasteiger partial charge in [-0.2, -0.15) is 0 Å². The summed E-state index contributed by atoms with van der Waals surface area (Å²) in [5.74, 6) is 0.717. The molecule has 1 aromatic rings. The number of furan rings is 1. The van der Waals surface area contributed by atoms with Crippen molar-refractivity contribution in [3.63, 3.8) is 0 Å². The average Bonchev–Trinajstić information content (AvgIpc) is 3.19. The van der Waals surface area contributed by atoms with Crippen LogP contribution in [0.4, 0.5) is 0 Å². The maximum atomic E-state index is 12.4. The van der Waals surface area contributed by atoms with Gasteiger partial charge in [0.15, 0.2) is 0 Å². The van der Waals surface area contributed by atoms with Gasteiger partial charge in [0.1, 0.15) is 10.1 Å². The minimum atomic E-state index is -0.105. The van der Waals surface area contributed by atoms with Gasteiger partial charge < -0.3 is 9.32 Å². The van der Waals surface area contributed by atoms with Gasteiger partial charge in [0.2, 0.25) is 5.91 Å². The Bertz CT molecular complexity index is 649. The lowest BCUT2D eigenvalue weighted by Crippen LogP contribution is -2.36. The Kier molecular flexibility index (Phi) is 5.73. The zero-order valence-electron chi connectivity index (χ0n) is 13.4. The second-order valence-corrected chi connectivity index (χ2v) is 7.57. The van der Waals surface area contributed by atoms with E-state index in [1.54, 1.807) is 29.4 Å². The first-order valence-electron chi connectivity index (χ1n) is 8.22. The fourth-order valence-electron chi connectivity index (χ4n) is 2.89. The summed E-state index contributed by atoms with van der Waals surface area (Å²) >= 11 is 6.58. The van der Waals surface area contributed by atoms with Gasteiger partial charge in [-0.3, -0.25) is 14.5 Å². The van der Waals surface area contributed by atoms with E-state index in [0.29, 0.717) is 34.4 Å². The highest BCUT2D eigenvalue weighted by Gasteiger charge is 2.32. The number of nitrogens with zero attached hydrogens (tertiary/aromatic N) is 2. The molecule has 128 valence electrons. The maximum absolute atomic E-state index is 12.4. The van der Waals surface area contributed by atoms with Crippen molar-refractivity contribution in [3.05, 3.63) is 29.1 Å². The first kappa shape index (κ1) is 17.2. The molecule has 1 aromatic heterocycles. The van der Waals surface area contributed by atoms with Crippen LogP contribution in [0.2, 0.25) is 0 Å².